The number of hydrogen-bond acceptors (Lipinski definition) is 2. The average molecular weight is 216 g/mol. The number of Topliss-reactive ketones (excluding diaryl/α,β-unsaturated/α-hetero) is 1. The molecule has 0 saturated carbocycles. The molecule has 0 aliphatic carbocycles. The first kappa shape index (κ1) is 11.1. The van der Waals surface area contributed by atoms with E-state index in [9.17, 15) is 9.18 Å². The van der Waals surface area contributed by atoms with Crippen LogP contribution in [0.2, 0.25) is 5.02 Å². The number of alkyl halides is 1. The lowest BCUT2D eigenvalue weighted by molar-refractivity contribution is 0.0984. The highest BCUT2D eigenvalue weighted by Gasteiger charge is 2.12. The highest BCUT2D eigenvalue weighted by atomic mass is 35.5. The minimum absolute atomic E-state index is 0.164. The average Bonchev–Trinajstić information content (AvgIpc) is 2.17. The molecule has 14 heavy (non-hydrogen) atoms. The Morgan fingerprint density at radius 1 is 1.50 bits per heavy atom. The number of halogens is 2. The predicted octanol–water partition coefficient (Wildman–Crippen LogP) is 2.34. The molecule has 76 valence electrons. The van der Waals surface area contributed by atoms with Crippen molar-refractivity contribution in [1.29, 1.82) is 0 Å². The molecule has 4 heteroatoms. The smallest absolute Gasteiger partial charge is 0.164 e. The van der Waals surface area contributed by atoms with E-state index in [-0.39, 0.29) is 29.3 Å². The fourth-order valence-electron chi connectivity index (χ4n) is 1.22. The van der Waals surface area contributed by atoms with E-state index >= 15 is 0 Å². The monoisotopic (exact) mass is 215 g/mol. The van der Waals surface area contributed by atoms with Gasteiger partial charge in [0.1, 0.15) is 6.67 Å². The van der Waals surface area contributed by atoms with E-state index in [0.29, 0.717) is 5.56 Å². The molecule has 0 aromatic heterocycles. The van der Waals surface area contributed by atoms with Crippen molar-refractivity contribution in [2.45, 2.75) is 13.1 Å². The van der Waals surface area contributed by atoms with Gasteiger partial charge < -0.3 is 5.73 Å². The minimum atomic E-state index is -0.731. The van der Waals surface area contributed by atoms with Gasteiger partial charge in [-0.25, -0.2) is 4.39 Å². The molecule has 0 bridgehead atoms. The second-order valence-corrected chi connectivity index (χ2v) is 3.27. The van der Waals surface area contributed by atoms with Gasteiger partial charge in [-0.2, -0.15) is 0 Å². The molecule has 0 atom stereocenters. The lowest BCUT2D eigenvalue weighted by Crippen LogP contribution is -2.10. The Bertz CT molecular complexity index is 341. The zero-order chi connectivity index (χ0) is 10.6. The highest BCUT2D eigenvalue weighted by molar-refractivity contribution is 6.31. The zero-order valence-electron chi connectivity index (χ0n) is 7.59. The van der Waals surface area contributed by atoms with Crippen LogP contribution in [0.3, 0.4) is 0 Å². The number of nitrogens with two attached hydrogens (primary N) is 1. The van der Waals surface area contributed by atoms with Crippen molar-refractivity contribution in [2.75, 3.05) is 6.54 Å². The Balaban J connectivity index is 3.07. The Kier molecular flexibility index (Phi) is 4.04. The lowest BCUT2D eigenvalue weighted by atomic mass is 10.0. The molecule has 0 radical (unpaired) electrons. The molecule has 0 aliphatic rings. The van der Waals surface area contributed by atoms with Gasteiger partial charge in [0.2, 0.25) is 0 Å². The third-order valence-electron chi connectivity index (χ3n) is 1.92. The summed E-state index contributed by atoms with van der Waals surface area (Å²) in [5, 5.41) is 0.287. The second-order valence-electron chi connectivity index (χ2n) is 2.86. The standard InChI is InChI=1S/C10H11ClFNO/c11-9-3-1-2-7(8(9)6-12)10(14)4-5-13/h1-3H,4-6,13H2. The van der Waals surface area contributed by atoms with Crippen LogP contribution < -0.4 is 5.73 Å². The number of carbonyl (C=O) groups excluding carboxylic acids is 1. The largest absolute Gasteiger partial charge is 0.330 e. The van der Waals surface area contributed by atoms with Gasteiger partial charge >= 0.3 is 0 Å². The predicted molar refractivity (Wildman–Crippen MR) is 54.3 cm³/mol. The van der Waals surface area contributed by atoms with Gasteiger partial charge in [0.15, 0.2) is 5.78 Å². The van der Waals surface area contributed by atoms with Crippen LogP contribution in [0.1, 0.15) is 22.3 Å². The topological polar surface area (TPSA) is 43.1 Å². The third-order valence-corrected chi connectivity index (χ3v) is 2.28. The van der Waals surface area contributed by atoms with Crippen LogP contribution in [0.15, 0.2) is 18.2 Å². The minimum Gasteiger partial charge on any atom is -0.330 e. The number of rotatable bonds is 4. The third kappa shape index (κ3) is 2.30. The normalized spacial score (nSPS) is 10.2. The number of benzene rings is 1. The zero-order valence-corrected chi connectivity index (χ0v) is 8.35. The molecule has 1 aromatic rings. The van der Waals surface area contributed by atoms with Gasteiger partial charge in [-0.05, 0) is 12.6 Å². The van der Waals surface area contributed by atoms with E-state index in [1.54, 1.807) is 18.2 Å². The molecule has 1 rings (SSSR count). The van der Waals surface area contributed by atoms with Gasteiger partial charge in [-0.3, -0.25) is 4.79 Å². The van der Waals surface area contributed by atoms with E-state index in [1.807, 2.05) is 0 Å². The first-order chi connectivity index (χ1) is 6.70. The van der Waals surface area contributed by atoms with Crippen LogP contribution in [-0.4, -0.2) is 12.3 Å². The van der Waals surface area contributed by atoms with E-state index in [0.717, 1.165) is 0 Å². The van der Waals surface area contributed by atoms with Gasteiger partial charge in [0.05, 0.1) is 0 Å². The van der Waals surface area contributed by atoms with Crippen LogP contribution >= 0.6 is 11.6 Å². The highest BCUT2D eigenvalue weighted by Crippen LogP contribution is 2.22. The molecule has 0 aliphatic heterocycles. The molecule has 1 aromatic carbocycles. The molecule has 2 N–H and O–H groups in total. The summed E-state index contributed by atoms with van der Waals surface area (Å²) < 4.78 is 12.6. The first-order valence-corrected chi connectivity index (χ1v) is 4.65. The second kappa shape index (κ2) is 5.08. The van der Waals surface area contributed by atoms with E-state index < -0.39 is 6.67 Å². The molecule has 0 amide bonds. The number of carbonyl (C=O) groups is 1. The molecular weight excluding hydrogens is 205 g/mol. The number of hydrogen-bond donors (Lipinski definition) is 1. The van der Waals surface area contributed by atoms with Gasteiger partial charge in [-0.1, -0.05) is 23.7 Å². The van der Waals surface area contributed by atoms with Crippen LogP contribution in [0.5, 0.6) is 0 Å². The van der Waals surface area contributed by atoms with E-state index in [2.05, 4.69) is 0 Å². The van der Waals surface area contributed by atoms with Crippen molar-refractivity contribution >= 4 is 17.4 Å². The quantitative estimate of drug-likeness (QED) is 0.784. The van der Waals surface area contributed by atoms with Gasteiger partial charge in [0.25, 0.3) is 0 Å². The molecular formula is C10H11ClFNO. The maximum atomic E-state index is 12.6. The molecule has 2 nitrogen and oxygen atoms in total. The van der Waals surface area contributed by atoms with Crippen molar-refractivity contribution in [2.24, 2.45) is 5.73 Å². The lowest BCUT2D eigenvalue weighted by Gasteiger charge is -2.06. The van der Waals surface area contributed by atoms with Crippen molar-refractivity contribution in [1.82, 2.24) is 0 Å². The van der Waals surface area contributed by atoms with Crippen molar-refractivity contribution < 1.29 is 9.18 Å². The van der Waals surface area contributed by atoms with Crippen LogP contribution in [0, 0.1) is 0 Å². The fraction of sp³-hybridized carbons (Fsp3) is 0.300. The van der Waals surface area contributed by atoms with E-state index in [1.165, 1.54) is 0 Å². The maximum absolute atomic E-state index is 12.6. The molecule has 0 spiro atoms. The summed E-state index contributed by atoms with van der Waals surface area (Å²) in [4.78, 5) is 11.5. The van der Waals surface area contributed by atoms with E-state index in [4.69, 9.17) is 17.3 Å². The SMILES string of the molecule is NCCC(=O)c1cccc(Cl)c1CF. The summed E-state index contributed by atoms with van der Waals surface area (Å²) in [6.07, 6.45) is 0.216. The Hall–Kier alpha value is -0.930. The first-order valence-electron chi connectivity index (χ1n) is 4.27. The van der Waals surface area contributed by atoms with Crippen molar-refractivity contribution in [3.8, 4) is 0 Å². The summed E-state index contributed by atoms with van der Waals surface area (Å²) in [7, 11) is 0. The Morgan fingerprint density at radius 2 is 2.21 bits per heavy atom. The Labute approximate surface area is 86.9 Å². The molecule has 0 heterocycles. The molecule has 0 fully saturated rings. The van der Waals surface area contributed by atoms with Crippen molar-refractivity contribution in [3.05, 3.63) is 34.3 Å². The molecule has 0 unspecified atom stereocenters. The van der Waals surface area contributed by atoms with Crippen LogP contribution in [0.4, 0.5) is 4.39 Å². The number of ketones is 1. The van der Waals surface area contributed by atoms with Gasteiger partial charge in [0, 0.05) is 22.6 Å². The summed E-state index contributed by atoms with van der Waals surface area (Å²) in [5.41, 5.74) is 5.84. The summed E-state index contributed by atoms with van der Waals surface area (Å²) in [6.45, 7) is -0.470. The molecule has 0 saturated heterocycles. The summed E-state index contributed by atoms with van der Waals surface area (Å²) in [6, 6.07) is 4.76. The fourth-order valence-corrected chi connectivity index (χ4v) is 1.45. The van der Waals surface area contributed by atoms with Crippen LogP contribution in [-0.2, 0) is 6.67 Å². The van der Waals surface area contributed by atoms with Gasteiger partial charge in [-0.15, -0.1) is 0 Å². The maximum Gasteiger partial charge on any atom is 0.164 e. The van der Waals surface area contributed by atoms with Crippen molar-refractivity contribution in [3.63, 3.8) is 0 Å². The van der Waals surface area contributed by atoms with Crippen LogP contribution in [0.25, 0.3) is 0 Å². The summed E-state index contributed by atoms with van der Waals surface area (Å²) in [5.74, 6) is -0.164. The summed E-state index contributed by atoms with van der Waals surface area (Å²) >= 11 is 5.75. The Morgan fingerprint density at radius 3 is 2.79 bits per heavy atom.